The van der Waals surface area contributed by atoms with Gasteiger partial charge in [0, 0.05) is 38.2 Å². The molecule has 0 saturated carbocycles. The Kier molecular flexibility index (Phi) is 5.39. The SMILES string of the molecule is COCCCNC(=O)c1ccc(Cn2c(=O)c3cccn3c3cccnc32)cc1. The Labute approximate surface area is 167 Å². The van der Waals surface area contributed by atoms with Crippen LogP contribution in [0.1, 0.15) is 22.3 Å². The molecule has 4 rings (SSSR count). The molecule has 1 amide bonds. The Hall–Kier alpha value is -3.45. The van der Waals surface area contributed by atoms with Crippen LogP contribution in [0.15, 0.2) is 65.7 Å². The molecule has 0 unspecified atom stereocenters. The predicted molar refractivity (Wildman–Crippen MR) is 111 cm³/mol. The van der Waals surface area contributed by atoms with Crippen molar-refractivity contribution < 1.29 is 9.53 Å². The van der Waals surface area contributed by atoms with Gasteiger partial charge in [0.05, 0.1) is 12.1 Å². The lowest BCUT2D eigenvalue weighted by molar-refractivity contribution is 0.0948. The van der Waals surface area contributed by atoms with E-state index in [1.165, 1.54) is 0 Å². The highest BCUT2D eigenvalue weighted by Gasteiger charge is 2.12. The first-order valence-electron chi connectivity index (χ1n) is 9.49. The van der Waals surface area contributed by atoms with Crippen LogP contribution in [0.5, 0.6) is 0 Å². The highest BCUT2D eigenvalue weighted by molar-refractivity contribution is 5.94. The molecule has 0 saturated heterocycles. The van der Waals surface area contributed by atoms with Crippen LogP contribution < -0.4 is 10.9 Å². The van der Waals surface area contributed by atoms with E-state index in [0.717, 1.165) is 17.5 Å². The number of amides is 1. The standard InChI is InChI=1S/C22H22N4O3/c1-29-14-4-12-24-21(27)17-9-7-16(8-10-17)15-26-20-18(5-2-11-23-20)25-13-3-6-19(25)22(26)28/h2-3,5-11,13H,4,12,14-15H2,1H3,(H,24,27). The van der Waals surface area contributed by atoms with Crippen LogP contribution in [0.25, 0.3) is 16.7 Å². The fourth-order valence-electron chi connectivity index (χ4n) is 3.40. The topological polar surface area (TPSA) is 77.6 Å². The zero-order valence-corrected chi connectivity index (χ0v) is 16.2. The predicted octanol–water partition coefficient (Wildman–Crippen LogP) is 2.46. The number of fused-ring (bicyclic) bond motifs is 3. The van der Waals surface area contributed by atoms with Crippen LogP contribution in [0.4, 0.5) is 0 Å². The zero-order chi connectivity index (χ0) is 20.2. The number of pyridine rings is 1. The Balaban J connectivity index is 1.59. The molecule has 0 aliphatic rings. The summed E-state index contributed by atoms with van der Waals surface area (Å²) < 4.78 is 8.51. The molecule has 3 aromatic heterocycles. The number of aromatic nitrogens is 3. The maximum atomic E-state index is 13.0. The van der Waals surface area contributed by atoms with Gasteiger partial charge in [-0.1, -0.05) is 12.1 Å². The summed E-state index contributed by atoms with van der Waals surface area (Å²) in [6.07, 6.45) is 4.32. The fourth-order valence-corrected chi connectivity index (χ4v) is 3.40. The lowest BCUT2D eigenvalue weighted by Crippen LogP contribution is -2.25. The number of methoxy groups -OCH3 is 1. The minimum atomic E-state index is -0.119. The number of carbonyl (C=O) groups is 1. The Morgan fingerprint density at radius 3 is 2.69 bits per heavy atom. The van der Waals surface area contributed by atoms with Crippen molar-refractivity contribution in [3.05, 3.63) is 82.4 Å². The van der Waals surface area contributed by atoms with E-state index in [2.05, 4.69) is 10.3 Å². The molecule has 0 aliphatic carbocycles. The molecule has 1 N–H and O–H groups in total. The average Bonchev–Trinajstić information content (AvgIpc) is 3.25. The van der Waals surface area contributed by atoms with E-state index >= 15 is 0 Å². The van der Waals surface area contributed by atoms with Crippen LogP contribution in [0.2, 0.25) is 0 Å². The Bertz CT molecular complexity index is 1210. The summed E-state index contributed by atoms with van der Waals surface area (Å²) in [6.45, 7) is 1.56. The van der Waals surface area contributed by atoms with Crippen molar-refractivity contribution in [2.75, 3.05) is 20.3 Å². The molecule has 3 heterocycles. The number of nitrogens with zero attached hydrogens (tertiary/aromatic N) is 3. The molecular formula is C22H22N4O3. The van der Waals surface area contributed by atoms with Crippen LogP contribution in [0.3, 0.4) is 0 Å². The number of benzene rings is 1. The van der Waals surface area contributed by atoms with Gasteiger partial charge < -0.3 is 14.5 Å². The van der Waals surface area contributed by atoms with Gasteiger partial charge in [-0.3, -0.25) is 14.2 Å². The molecule has 0 bridgehead atoms. The summed E-state index contributed by atoms with van der Waals surface area (Å²) in [4.78, 5) is 29.6. The summed E-state index contributed by atoms with van der Waals surface area (Å²) in [5.74, 6) is -0.119. The van der Waals surface area contributed by atoms with E-state index in [-0.39, 0.29) is 11.5 Å². The molecule has 7 nitrogen and oxygen atoms in total. The number of rotatable bonds is 7. The second-order valence-electron chi connectivity index (χ2n) is 6.80. The number of hydrogen-bond acceptors (Lipinski definition) is 4. The van der Waals surface area contributed by atoms with Crippen molar-refractivity contribution >= 4 is 22.6 Å². The molecule has 0 atom stereocenters. The maximum absolute atomic E-state index is 13.0. The van der Waals surface area contributed by atoms with Gasteiger partial charge in [-0.2, -0.15) is 0 Å². The van der Waals surface area contributed by atoms with Crippen LogP contribution in [-0.4, -0.2) is 40.1 Å². The second-order valence-corrected chi connectivity index (χ2v) is 6.80. The van der Waals surface area contributed by atoms with Gasteiger partial charge >= 0.3 is 0 Å². The molecule has 1 aromatic carbocycles. The third-order valence-corrected chi connectivity index (χ3v) is 4.86. The zero-order valence-electron chi connectivity index (χ0n) is 16.2. The van der Waals surface area contributed by atoms with E-state index in [1.54, 1.807) is 30.0 Å². The molecule has 29 heavy (non-hydrogen) atoms. The van der Waals surface area contributed by atoms with Gasteiger partial charge in [0.25, 0.3) is 11.5 Å². The smallest absolute Gasteiger partial charge is 0.276 e. The number of carbonyl (C=O) groups excluding carboxylic acids is 1. The van der Waals surface area contributed by atoms with Crippen molar-refractivity contribution in [2.24, 2.45) is 0 Å². The minimum absolute atomic E-state index is 0.0961. The quantitative estimate of drug-likeness (QED) is 0.492. The summed E-state index contributed by atoms with van der Waals surface area (Å²) in [7, 11) is 1.64. The van der Waals surface area contributed by atoms with Crippen molar-refractivity contribution in [3.63, 3.8) is 0 Å². The normalized spacial score (nSPS) is 11.2. The first kappa shape index (κ1) is 18.9. The molecule has 4 aromatic rings. The van der Waals surface area contributed by atoms with E-state index in [0.29, 0.717) is 36.4 Å². The first-order valence-corrected chi connectivity index (χ1v) is 9.49. The lowest BCUT2D eigenvalue weighted by atomic mass is 10.1. The third kappa shape index (κ3) is 3.77. The molecular weight excluding hydrogens is 368 g/mol. The minimum Gasteiger partial charge on any atom is -0.385 e. The lowest BCUT2D eigenvalue weighted by Gasteiger charge is -2.12. The molecule has 0 radical (unpaired) electrons. The maximum Gasteiger partial charge on any atom is 0.276 e. The van der Waals surface area contributed by atoms with E-state index in [4.69, 9.17) is 4.74 Å². The third-order valence-electron chi connectivity index (χ3n) is 4.86. The van der Waals surface area contributed by atoms with Gasteiger partial charge in [0.1, 0.15) is 5.52 Å². The number of nitrogens with one attached hydrogen (secondary N) is 1. The average molecular weight is 390 g/mol. The van der Waals surface area contributed by atoms with E-state index in [9.17, 15) is 9.59 Å². The van der Waals surface area contributed by atoms with Gasteiger partial charge in [0.2, 0.25) is 0 Å². The largest absolute Gasteiger partial charge is 0.385 e. The van der Waals surface area contributed by atoms with Crippen molar-refractivity contribution in [1.82, 2.24) is 19.3 Å². The highest BCUT2D eigenvalue weighted by Crippen LogP contribution is 2.15. The van der Waals surface area contributed by atoms with Crippen molar-refractivity contribution in [1.29, 1.82) is 0 Å². The van der Waals surface area contributed by atoms with Gasteiger partial charge in [0.15, 0.2) is 5.65 Å². The fraction of sp³-hybridized carbons (Fsp3) is 0.227. The number of hydrogen-bond donors (Lipinski definition) is 1. The Morgan fingerprint density at radius 2 is 1.90 bits per heavy atom. The van der Waals surface area contributed by atoms with Crippen molar-refractivity contribution in [3.8, 4) is 0 Å². The van der Waals surface area contributed by atoms with Gasteiger partial charge in [-0.15, -0.1) is 0 Å². The molecule has 0 spiro atoms. The van der Waals surface area contributed by atoms with E-state index < -0.39 is 0 Å². The summed E-state index contributed by atoms with van der Waals surface area (Å²) in [5.41, 5.74) is 3.52. The number of ether oxygens (including phenoxy) is 1. The highest BCUT2D eigenvalue weighted by atomic mass is 16.5. The van der Waals surface area contributed by atoms with Crippen LogP contribution in [-0.2, 0) is 11.3 Å². The summed E-state index contributed by atoms with van der Waals surface area (Å²) in [6, 6.07) is 14.8. The Morgan fingerprint density at radius 1 is 1.10 bits per heavy atom. The molecule has 148 valence electrons. The molecule has 0 aliphatic heterocycles. The first-order chi connectivity index (χ1) is 14.2. The van der Waals surface area contributed by atoms with Gasteiger partial charge in [-0.05, 0) is 48.4 Å². The summed E-state index contributed by atoms with van der Waals surface area (Å²) in [5, 5.41) is 2.87. The van der Waals surface area contributed by atoms with Crippen LogP contribution >= 0.6 is 0 Å². The monoisotopic (exact) mass is 390 g/mol. The summed E-state index contributed by atoms with van der Waals surface area (Å²) >= 11 is 0. The second kappa shape index (κ2) is 8.28. The molecule has 7 heteroatoms. The molecule has 0 fully saturated rings. The van der Waals surface area contributed by atoms with Crippen LogP contribution in [0, 0.1) is 0 Å². The van der Waals surface area contributed by atoms with Crippen molar-refractivity contribution in [2.45, 2.75) is 13.0 Å². The van der Waals surface area contributed by atoms with Gasteiger partial charge in [-0.25, -0.2) is 4.98 Å². The van der Waals surface area contributed by atoms with E-state index in [1.807, 2.05) is 47.0 Å².